The molecule has 3 heterocycles. The number of esters is 2. The van der Waals surface area contributed by atoms with Crippen molar-refractivity contribution in [1.82, 2.24) is 15.2 Å². The third-order valence-corrected chi connectivity index (χ3v) is 7.03. The van der Waals surface area contributed by atoms with E-state index < -0.39 is 47.4 Å². The third kappa shape index (κ3) is 6.29. The number of aliphatic hydroxyl groups is 1. The number of allylic oxidation sites excluding steroid dienone is 1. The van der Waals surface area contributed by atoms with Gasteiger partial charge in [-0.2, -0.15) is 0 Å². The van der Waals surface area contributed by atoms with E-state index in [0.717, 1.165) is 11.3 Å². The number of ether oxygens (including phenoxy) is 2. The van der Waals surface area contributed by atoms with Gasteiger partial charge in [-0.1, -0.05) is 17.3 Å². The first-order valence-corrected chi connectivity index (χ1v) is 12.8. The van der Waals surface area contributed by atoms with E-state index in [2.05, 4.69) is 15.5 Å². The largest absolute Gasteiger partial charge is 0.427 e. The molecule has 1 aromatic rings. The molecular weight excluding hydrogens is 526 g/mol. The number of nitrogens with two attached hydrogens (primary N) is 1. The number of aromatic nitrogens is 1. The van der Waals surface area contributed by atoms with Gasteiger partial charge in [-0.15, -0.1) is 23.1 Å². The number of hydrogen-bond donors (Lipinski definition) is 3. The van der Waals surface area contributed by atoms with Crippen molar-refractivity contribution >= 4 is 57.7 Å². The van der Waals surface area contributed by atoms with E-state index in [0.29, 0.717) is 5.57 Å². The number of carbonyl (C=O) groups excluding carboxylic acids is 4. The second-order valence-electron chi connectivity index (χ2n) is 8.74. The van der Waals surface area contributed by atoms with Crippen LogP contribution in [0.2, 0.25) is 0 Å². The number of nitrogens with zero attached hydrogens (tertiary/aromatic N) is 3. The van der Waals surface area contributed by atoms with Gasteiger partial charge >= 0.3 is 11.9 Å². The summed E-state index contributed by atoms with van der Waals surface area (Å²) in [5, 5.41) is 16.6. The van der Waals surface area contributed by atoms with Crippen LogP contribution >= 0.6 is 23.1 Å². The summed E-state index contributed by atoms with van der Waals surface area (Å²) in [4.78, 5) is 60.9. The van der Waals surface area contributed by atoms with Crippen LogP contribution in [0.1, 0.15) is 26.5 Å². The summed E-state index contributed by atoms with van der Waals surface area (Å²) in [7, 11) is 1.26. The maximum absolute atomic E-state index is 13.1. The van der Waals surface area contributed by atoms with Crippen molar-refractivity contribution in [3.63, 3.8) is 0 Å². The summed E-state index contributed by atoms with van der Waals surface area (Å²) in [5.74, 6) is -2.44. The molecule has 0 aliphatic carbocycles. The van der Waals surface area contributed by atoms with Crippen LogP contribution in [0.4, 0.5) is 5.13 Å². The molecule has 4 N–H and O–H groups in total. The van der Waals surface area contributed by atoms with Crippen LogP contribution in [0, 0.1) is 5.41 Å². The molecule has 2 amide bonds. The molecule has 13 nitrogen and oxygen atoms in total. The highest BCUT2D eigenvalue weighted by atomic mass is 32.2. The number of anilines is 1. The van der Waals surface area contributed by atoms with Crippen molar-refractivity contribution in [2.75, 3.05) is 32.0 Å². The normalized spacial score (nSPS) is 19.9. The predicted octanol–water partition coefficient (Wildman–Crippen LogP) is 0.368. The molecule has 1 saturated heterocycles. The predicted molar refractivity (Wildman–Crippen MR) is 135 cm³/mol. The van der Waals surface area contributed by atoms with Crippen molar-refractivity contribution < 1.29 is 38.6 Å². The lowest BCUT2D eigenvalue weighted by Gasteiger charge is -2.49. The van der Waals surface area contributed by atoms with Gasteiger partial charge in [-0.05, 0) is 26.3 Å². The lowest BCUT2D eigenvalue weighted by atomic mass is 9.98. The van der Waals surface area contributed by atoms with Crippen LogP contribution in [-0.2, 0) is 33.5 Å². The molecule has 15 heteroatoms. The molecule has 0 spiro atoms. The summed E-state index contributed by atoms with van der Waals surface area (Å²) in [5.41, 5.74) is 5.25. The zero-order valence-corrected chi connectivity index (χ0v) is 22.2. The van der Waals surface area contributed by atoms with Crippen LogP contribution < -0.4 is 11.1 Å². The lowest BCUT2D eigenvalue weighted by Crippen LogP contribution is -2.71. The number of rotatable bonds is 9. The van der Waals surface area contributed by atoms with Gasteiger partial charge in [0.05, 0.1) is 12.0 Å². The quantitative estimate of drug-likeness (QED) is 0.126. The standard InChI is InChI=1S/C22H27N5O8S2/c1-22(2,3)20(32)35-10-34-19(31)15-11(6-5-7-28)8-36-18-14(17(30)27(15)18)25-16(29)13(26-33-4)12-9-37-21(23)24-12/h5-6,9,14,18,28H,7-8,10H2,1-4H3,(H2,23,24)(H,25,29)/b6-5-,26-13-/t14-,18-/m1/s1. The van der Waals surface area contributed by atoms with Gasteiger partial charge in [-0.3, -0.25) is 19.3 Å². The van der Waals surface area contributed by atoms with Gasteiger partial charge in [0.2, 0.25) is 6.79 Å². The third-order valence-electron chi connectivity index (χ3n) is 5.06. The Hall–Kier alpha value is -3.43. The zero-order valence-electron chi connectivity index (χ0n) is 20.5. The fourth-order valence-electron chi connectivity index (χ4n) is 3.28. The van der Waals surface area contributed by atoms with Crippen LogP contribution in [0.25, 0.3) is 0 Å². The minimum absolute atomic E-state index is 0.0613. The number of thioether (sulfide) groups is 1. The number of nitrogens with one attached hydrogen (secondary N) is 1. The summed E-state index contributed by atoms with van der Waals surface area (Å²) >= 11 is 2.42. The number of carbonyl (C=O) groups is 4. The van der Waals surface area contributed by atoms with Gasteiger partial charge in [0.25, 0.3) is 11.8 Å². The first-order chi connectivity index (χ1) is 17.5. The van der Waals surface area contributed by atoms with E-state index in [1.165, 1.54) is 41.3 Å². The first-order valence-electron chi connectivity index (χ1n) is 10.9. The van der Waals surface area contributed by atoms with E-state index >= 15 is 0 Å². The second kappa shape index (κ2) is 11.7. The average Bonchev–Trinajstić information content (AvgIpc) is 3.28. The summed E-state index contributed by atoms with van der Waals surface area (Å²) < 4.78 is 10.1. The molecule has 2 aliphatic heterocycles. The average molecular weight is 554 g/mol. The van der Waals surface area contributed by atoms with Crippen molar-refractivity contribution in [2.45, 2.75) is 32.2 Å². The Labute approximate surface area is 220 Å². The number of β-lactam (4-membered cyclic amide) rings is 1. The molecule has 2 aliphatic rings. The Morgan fingerprint density at radius 1 is 1.35 bits per heavy atom. The molecule has 2 atom stereocenters. The Morgan fingerprint density at radius 3 is 2.68 bits per heavy atom. The Kier molecular flexibility index (Phi) is 8.94. The fourth-order valence-corrected chi connectivity index (χ4v) is 5.14. The number of aliphatic hydroxyl groups excluding tert-OH is 1. The maximum Gasteiger partial charge on any atom is 0.358 e. The van der Waals surface area contributed by atoms with Crippen molar-refractivity contribution in [3.8, 4) is 0 Å². The van der Waals surface area contributed by atoms with E-state index in [-0.39, 0.29) is 34.6 Å². The van der Waals surface area contributed by atoms with Crippen LogP contribution in [0.15, 0.2) is 34.0 Å². The van der Waals surface area contributed by atoms with Crippen molar-refractivity contribution in [1.29, 1.82) is 0 Å². The molecule has 1 aromatic heterocycles. The highest BCUT2D eigenvalue weighted by molar-refractivity contribution is 8.00. The van der Waals surface area contributed by atoms with Crippen molar-refractivity contribution in [3.05, 3.63) is 34.5 Å². The van der Waals surface area contributed by atoms with Crippen LogP contribution in [-0.4, -0.2) is 82.1 Å². The molecule has 37 heavy (non-hydrogen) atoms. The molecule has 3 rings (SSSR count). The highest BCUT2D eigenvalue weighted by Crippen LogP contribution is 2.41. The number of hydrogen-bond acceptors (Lipinski definition) is 13. The molecule has 0 saturated carbocycles. The van der Waals surface area contributed by atoms with Gasteiger partial charge in [0, 0.05) is 11.1 Å². The Balaban J connectivity index is 1.76. The van der Waals surface area contributed by atoms with Gasteiger partial charge in [0.15, 0.2) is 10.8 Å². The minimum Gasteiger partial charge on any atom is -0.427 e. The SMILES string of the molecule is CO/N=C(\C(=O)N[C@@H]1C(=O)N2C(C(=O)OCOC(=O)C(C)(C)C)=C(/C=C\CO)CS[C@H]12)c1csc(N)n1. The topological polar surface area (TPSA) is 183 Å². The molecule has 200 valence electrons. The van der Waals surface area contributed by atoms with Crippen molar-refractivity contribution in [2.24, 2.45) is 10.6 Å². The molecule has 1 fully saturated rings. The number of fused-ring (bicyclic) bond motifs is 1. The van der Waals surface area contributed by atoms with Crippen LogP contribution in [0.3, 0.4) is 0 Å². The fraction of sp³-hybridized carbons (Fsp3) is 0.455. The van der Waals surface area contributed by atoms with E-state index in [1.54, 1.807) is 20.8 Å². The van der Waals surface area contributed by atoms with Gasteiger partial charge in [0.1, 0.15) is 29.9 Å². The molecule has 0 radical (unpaired) electrons. The Morgan fingerprint density at radius 2 is 2.08 bits per heavy atom. The molecular formula is C22H27N5O8S2. The number of thiazole rings is 1. The van der Waals surface area contributed by atoms with Gasteiger partial charge in [-0.25, -0.2) is 9.78 Å². The number of nitrogen functional groups attached to an aromatic ring is 1. The second-order valence-corrected chi connectivity index (χ2v) is 10.7. The monoisotopic (exact) mass is 553 g/mol. The summed E-state index contributed by atoms with van der Waals surface area (Å²) in [6.07, 6.45) is 2.93. The molecule has 0 bridgehead atoms. The highest BCUT2D eigenvalue weighted by Gasteiger charge is 2.54. The number of oxime groups is 1. The lowest BCUT2D eigenvalue weighted by molar-refractivity contribution is -0.173. The smallest absolute Gasteiger partial charge is 0.358 e. The zero-order chi connectivity index (χ0) is 27.3. The van der Waals surface area contributed by atoms with E-state index in [9.17, 15) is 19.2 Å². The first kappa shape index (κ1) is 28.1. The Bertz CT molecular complexity index is 1170. The summed E-state index contributed by atoms with van der Waals surface area (Å²) in [6, 6.07) is -0.972. The van der Waals surface area contributed by atoms with Crippen LogP contribution in [0.5, 0.6) is 0 Å². The summed E-state index contributed by atoms with van der Waals surface area (Å²) in [6.45, 7) is 4.04. The maximum atomic E-state index is 13.1. The molecule has 0 unspecified atom stereocenters. The van der Waals surface area contributed by atoms with Gasteiger partial charge < -0.3 is 30.5 Å². The molecule has 0 aromatic carbocycles. The number of amides is 2. The minimum atomic E-state index is -0.972. The van der Waals surface area contributed by atoms with E-state index in [1.807, 2.05) is 0 Å². The van der Waals surface area contributed by atoms with E-state index in [4.69, 9.17) is 25.2 Å².